The summed E-state index contributed by atoms with van der Waals surface area (Å²) in [7, 11) is 3.13. The molecule has 0 unspecified atom stereocenters. The van der Waals surface area contributed by atoms with Gasteiger partial charge in [-0.05, 0) is 38.6 Å². The second kappa shape index (κ2) is 10.3. The number of Topliss-reactive ketones (excluding diaryl/α,β-unsaturated/α-hetero) is 2. The van der Waals surface area contributed by atoms with Crippen molar-refractivity contribution in [1.29, 1.82) is 0 Å². The molecule has 218 valence electrons. The Balaban J connectivity index is 2.04. The number of esters is 2. The molecular weight excluding hydrogens is 536 g/mol. The van der Waals surface area contributed by atoms with E-state index >= 15 is 0 Å². The maximum absolute atomic E-state index is 14.5. The number of fused-ring (bicyclic) bond motifs is 3. The number of ketones is 2. The van der Waals surface area contributed by atoms with E-state index in [0.717, 1.165) is 13.8 Å². The van der Waals surface area contributed by atoms with Gasteiger partial charge >= 0.3 is 11.9 Å². The molecule has 0 heterocycles. The number of hydrogen-bond acceptors (Lipinski definition) is 11. The van der Waals surface area contributed by atoms with Crippen LogP contribution < -0.4 is 10.1 Å². The Kier molecular flexibility index (Phi) is 7.52. The molecule has 0 bridgehead atoms. The third-order valence-electron chi connectivity index (χ3n) is 8.17. The number of benzene rings is 1. The van der Waals surface area contributed by atoms with Gasteiger partial charge in [0.15, 0.2) is 11.6 Å². The first-order valence-corrected chi connectivity index (χ1v) is 13.0. The zero-order chi connectivity index (χ0) is 30.7. The molecule has 4 rings (SSSR count). The van der Waals surface area contributed by atoms with Crippen molar-refractivity contribution >= 4 is 41.1 Å². The Bertz CT molecular complexity index is 1470. The number of rotatable bonds is 4. The Hall–Kier alpha value is -4.16. The highest BCUT2D eigenvalue weighted by Gasteiger charge is 2.67. The number of imide groups is 1. The van der Waals surface area contributed by atoms with Crippen LogP contribution in [-0.4, -0.2) is 76.7 Å². The predicted octanol–water partition coefficient (Wildman–Crippen LogP) is 1.17. The van der Waals surface area contributed by atoms with Gasteiger partial charge < -0.3 is 19.7 Å². The van der Waals surface area contributed by atoms with Gasteiger partial charge in [-0.15, -0.1) is 0 Å². The van der Waals surface area contributed by atoms with Gasteiger partial charge in [0.05, 0.1) is 17.7 Å². The molecule has 3 aliphatic carbocycles. The molecule has 12 heteroatoms. The summed E-state index contributed by atoms with van der Waals surface area (Å²) in [6, 6.07) is 3.60. The minimum atomic E-state index is -2.13. The van der Waals surface area contributed by atoms with Crippen LogP contribution in [0.15, 0.2) is 35.1 Å². The molecule has 0 saturated heterocycles. The molecule has 0 spiro atoms. The molecule has 2 amide bonds. The van der Waals surface area contributed by atoms with Crippen LogP contribution in [0.3, 0.4) is 0 Å². The van der Waals surface area contributed by atoms with Gasteiger partial charge in [0, 0.05) is 38.2 Å². The molecule has 1 fully saturated rings. The molecule has 0 radical (unpaired) electrons. The number of amides is 2. The zero-order valence-electron chi connectivity index (χ0n) is 23.7. The first-order valence-electron chi connectivity index (χ1n) is 13.0. The van der Waals surface area contributed by atoms with Gasteiger partial charge in [0.2, 0.25) is 5.91 Å². The van der Waals surface area contributed by atoms with E-state index in [2.05, 4.69) is 0 Å². The van der Waals surface area contributed by atoms with E-state index in [9.17, 15) is 39.0 Å². The van der Waals surface area contributed by atoms with Crippen LogP contribution in [0.1, 0.15) is 51.7 Å². The highest BCUT2D eigenvalue weighted by Crippen LogP contribution is 2.58. The third kappa shape index (κ3) is 4.47. The van der Waals surface area contributed by atoms with Crippen molar-refractivity contribution in [2.75, 3.05) is 14.1 Å². The number of aliphatic hydroxyl groups is 2. The van der Waals surface area contributed by atoms with E-state index in [4.69, 9.17) is 9.47 Å². The maximum Gasteiger partial charge on any atom is 0.308 e. The van der Waals surface area contributed by atoms with Crippen molar-refractivity contribution in [2.45, 2.75) is 52.7 Å². The van der Waals surface area contributed by atoms with Crippen molar-refractivity contribution < 1.29 is 48.5 Å². The summed E-state index contributed by atoms with van der Waals surface area (Å²) in [5.41, 5.74) is -2.50. The SMILES string of the molecule is CC(=O)NC(=O)C1=C(OC(C)=O)[C@@H](N(C)C)[C@@H]2[C@@H](O)[C@H]3C(=C(O)c4c(OC(C)=O)cccc4[C@@H]3C)C(=O)[C@]2(C)C1=O. The topological polar surface area (TPSA) is 177 Å². The number of carbonyl (C=O) groups excluding carboxylic acids is 6. The van der Waals surface area contributed by atoms with Crippen molar-refractivity contribution in [2.24, 2.45) is 17.3 Å². The van der Waals surface area contributed by atoms with Gasteiger partial charge in [-0.2, -0.15) is 0 Å². The molecule has 0 aromatic heterocycles. The summed E-state index contributed by atoms with van der Waals surface area (Å²) in [5.74, 6) is -9.20. The normalized spacial score (nSPS) is 29.0. The lowest BCUT2D eigenvalue weighted by atomic mass is 9.49. The van der Waals surface area contributed by atoms with E-state index < -0.39 is 87.7 Å². The van der Waals surface area contributed by atoms with Crippen LogP contribution in [-0.2, 0) is 33.5 Å². The van der Waals surface area contributed by atoms with Crippen LogP contribution in [0.25, 0.3) is 5.76 Å². The highest BCUT2D eigenvalue weighted by molar-refractivity contribution is 6.32. The summed E-state index contributed by atoms with van der Waals surface area (Å²) >= 11 is 0. The highest BCUT2D eigenvalue weighted by atomic mass is 16.5. The predicted molar refractivity (Wildman–Crippen MR) is 142 cm³/mol. The average Bonchev–Trinajstić information content (AvgIpc) is 2.85. The number of hydrogen-bond donors (Lipinski definition) is 3. The van der Waals surface area contributed by atoms with E-state index in [0.29, 0.717) is 5.56 Å². The molecule has 6 atom stereocenters. The average molecular weight is 569 g/mol. The van der Waals surface area contributed by atoms with E-state index in [1.165, 1.54) is 24.8 Å². The molecule has 41 heavy (non-hydrogen) atoms. The van der Waals surface area contributed by atoms with Gasteiger partial charge in [0.25, 0.3) is 5.91 Å². The first kappa shape index (κ1) is 29.8. The molecule has 3 N–H and O–H groups in total. The monoisotopic (exact) mass is 568 g/mol. The lowest BCUT2D eigenvalue weighted by Crippen LogP contribution is -2.67. The molecule has 1 aromatic rings. The summed E-state index contributed by atoms with van der Waals surface area (Å²) < 4.78 is 10.7. The number of aliphatic hydroxyl groups excluding tert-OH is 2. The number of likely N-dealkylation sites (N-methyl/N-ethyl adjacent to an activating group) is 1. The number of nitrogens with one attached hydrogen (secondary N) is 1. The van der Waals surface area contributed by atoms with Crippen molar-refractivity contribution in [3.63, 3.8) is 0 Å². The number of carbonyl (C=O) groups is 6. The molecular formula is C29H32N2O10. The summed E-state index contributed by atoms with van der Waals surface area (Å²) in [5, 5.41) is 25.5. The summed E-state index contributed by atoms with van der Waals surface area (Å²) in [4.78, 5) is 79.0. The minimum absolute atomic E-state index is 0.000398. The second-order valence-corrected chi connectivity index (χ2v) is 11.0. The van der Waals surface area contributed by atoms with Crippen LogP contribution >= 0.6 is 0 Å². The Labute approximate surface area is 236 Å². The van der Waals surface area contributed by atoms with Gasteiger partial charge in [0.1, 0.15) is 28.3 Å². The Morgan fingerprint density at radius 3 is 2.15 bits per heavy atom. The van der Waals surface area contributed by atoms with Crippen LogP contribution in [0.5, 0.6) is 5.75 Å². The summed E-state index contributed by atoms with van der Waals surface area (Å²) in [6.45, 7) is 6.30. The lowest BCUT2D eigenvalue weighted by Gasteiger charge is -2.55. The van der Waals surface area contributed by atoms with Gasteiger partial charge in [-0.3, -0.25) is 39.0 Å². The quantitative estimate of drug-likeness (QED) is 0.206. The molecule has 3 aliphatic rings. The standard InChI is InChI=1S/C29H32N2O10/c1-11-15-9-8-10-16(40-13(3)33)18(15)23(35)19-17(11)24(36)21-22(31(6)7)25(41-14(4)34)20(28(39)30-12(2)32)27(38)29(21,5)26(19)37/h8-11,17,21-22,24,35-36H,1-7H3,(H,30,32,39)/t11-,17+,21+,22-,24-,29+/m0/s1. The molecule has 0 aliphatic heterocycles. The number of nitrogens with zero attached hydrogens (tertiary/aromatic N) is 1. The Morgan fingerprint density at radius 2 is 1.61 bits per heavy atom. The smallest absolute Gasteiger partial charge is 0.308 e. The minimum Gasteiger partial charge on any atom is -0.507 e. The molecule has 12 nitrogen and oxygen atoms in total. The van der Waals surface area contributed by atoms with Crippen molar-refractivity contribution in [3.05, 3.63) is 46.2 Å². The van der Waals surface area contributed by atoms with Crippen LogP contribution in [0.4, 0.5) is 0 Å². The fraction of sp³-hybridized carbons (Fsp3) is 0.448. The van der Waals surface area contributed by atoms with Crippen LogP contribution in [0.2, 0.25) is 0 Å². The van der Waals surface area contributed by atoms with Crippen LogP contribution in [0, 0.1) is 17.3 Å². The van der Waals surface area contributed by atoms with Crippen molar-refractivity contribution in [1.82, 2.24) is 10.2 Å². The van der Waals surface area contributed by atoms with E-state index in [1.54, 1.807) is 33.2 Å². The second-order valence-electron chi connectivity index (χ2n) is 11.0. The fourth-order valence-corrected chi connectivity index (χ4v) is 6.58. The lowest BCUT2D eigenvalue weighted by molar-refractivity contribution is -0.158. The summed E-state index contributed by atoms with van der Waals surface area (Å²) in [6.07, 6.45) is -1.46. The number of ether oxygens (including phenoxy) is 2. The maximum atomic E-state index is 14.5. The molecule has 1 saturated carbocycles. The largest absolute Gasteiger partial charge is 0.507 e. The zero-order valence-corrected chi connectivity index (χ0v) is 23.7. The Morgan fingerprint density at radius 1 is 1.00 bits per heavy atom. The first-order chi connectivity index (χ1) is 19.0. The molecule has 1 aromatic carbocycles. The van der Waals surface area contributed by atoms with Gasteiger partial charge in [-0.25, -0.2) is 0 Å². The van der Waals surface area contributed by atoms with E-state index in [1.807, 2.05) is 5.32 Å². The van der Waals surface area contributed by atoms with E-state index in [-0.39, 0.29) is 16.9 Å². The van der Waals surface area contributed by atoms with Crippen molar-refractivity contribution in [3.8, 4) is 5.75 Å². The van der Waals surface area contributed by atoms with Gasteiger partial charge in [-0.1, -0.05) is 19.1 Å². The fourth-order valence-electron chi connectivity index (χ4n) is 6.58. The third-order valence-corrected chi connectivity index (χ3v) is 8.17.